The van der Waals surface area contributed by atoms with Crippen LogP contribution >= 0.6 is 0 Å². The van der Waals surface area contributed by atoms with Gasteiger partial charge in [-0.3, -0.25) is 14.7 Å². The Morgan fingerprint density at radius 2 is 1.67 bits per heavy atom. The van der Waals surface area contributed by atoms with Crippen molar-refractivity contribution in [3.05, 3.63) is 72.1 Å². The number of rotatable bonds is 4. The Morgan fingerprint density at radius 3 is 2.41 bits per heavy atom. The number of methoxy groups -OCH3 is 1. The maximum absolute atomic E-state index is 12.9. The zero-order chi connectivity index (χ0) is 18.6. The topological polar surface area (TPSA) is 45.7 Å². The molecule has 0 bridgehead atoms. The van der Waals surface area contributed by atoms with E-state index in [0.29, 0.717) is 0 Å². The zero-order valence-corrected chi connectivity index (χ0v) is 15.5. The van der Waals surface area contributed by atoms with Gasteiger partial charge >= 0.3 is 0 Å². The van der Waals surface area contributed by atoms with Crippen molar-refractivity contribution in [2.24, 2.45) is 0 Å². The summed E-state index contributed by atoms with van der Waals surface area (Å²) >= 11 is 0. The van der Waals surface area contributed by atoms with Gasteiger partial charge in [0.05, 0.1) is 7.11 Å². The van der Waals surface area contributed by atoms with Gasteiger partial charge in [-0.25, -0.2) is 0 Å². The van der Waals surface area contributed by atoms with E-state index in [2.05, 4.69) is 9.88 Å². The van der Waals surface area contributed by atoms with Crippen LogP contribution in [0.3, 0.4) is 0 Å². The molecule has 2 aromatic carbocycles. The molecule has 1 aliphatic rings. The highest BCUT2D eigenvalue weighted by Gasteiger charge is 2.22. The van der Waals surface area contributed by atoms with E-state index in [1.54, 1.807) is 7.11 Å². The molecule has 138 valence electrons. The van der Waals surface area contributed by atoms with Crippen LogP contribution in [0.4, 0.5) is 0 Å². The van der Waals surface area contributed by atoms with E-state index in [1.807, 2.05) is 65.8 Å². The molecule has 4 rings (SSSR count). The zero-order valence-electron chi connectivity index (χ0n) is 15.5. The summed E-state index contributed by atoms with van der Waals surface area (Å²) in [6, 6.07) is 15.9. The molecule has 0 atom stereocenters. The fourth-order valence-electron chi connectivity index (χ4n) is 3.52. The summed E-state index contributed by atoms with van der Waals surface area (Å²) in [6.45, 7) is 4.19. The third-order valence-corrected chi connectivity index (χ3v) is 5.11. The van der Waals surface area contributed by atoms with E-state index < -0.39 is 0 Å². The van der Waals surface area contributed by atoms with E-state index in [4.69, 9.17) is 4.74 Å². The van der Waals surface area contributed by atoms with E-state index in [-0.39, 0.29) is 5.91 Å². The van der Waals surface area contributed by atoms with Crippen molar-refractivity contribution in [3.8, 4) is 5.75 Å². The molecule has 1 aromatic heterocycles. The lowest BCUT2D eigenvalue weighted by Crippen LogP contribution is -2.48. The maximum atomic E-state index is 12.9. The number of ether oxygens (including phenoxy) is 1. The Bertz CT molecular complexity index is 935. The molecular formula is C22H23N3O2. The van der Waals surface area contributed by atoms with Crippen LogP contribution in [0, 0.1) is 0 Å². The normalized spacial score (nSPS) is 15.1. The summed E-state index contributed by atoms with van der Waals surface area (Å²) in [5, 5.41) is 2.13. The maximum Gasteiger partial charge on any atom is 0.253 e. The van der Waals surface area contributed by atoms with Crippen molar-refractivity contribution in [1.29, 1.82) is 0 Å². The summed E-state index contributed by atoms with van der Waals surface area (Å²) in [7, 11) is 1.66. The van der Waals surface area contributed by atoms with E-state index in [0.717, 1.165) is 54.8 Å². The van der Waals surface area contributed by atoms with Gasteiger partial charge in [-0.1, -0.05) is 12.1 Å². The molecule has 0 spiro atoms. The van der Waals surface area contributed by atoms with Crippen molar-refractivity contribution in [1.82, 2.24) is 14.8 Å². The fraction of sp³-hybridized carbons (Fsp3) is 0.273. The van der Waals surface area contributed by atoms with Gasteiger partial charge in [0.15, 0.2) is 0 Å². The van der Waals surface area contributed by atoms with Crippen LogP contribution in [0.1, 0.15) is 15.9 Å². The van der Waals surface area contributed by atoms with Crippen LogP contribution in [0.25, 0.3) is 10.8 Å². The average molecular weight is 361 g/mol. The molecule has 0 saturated carbocycles. The number of fused-ring (bicyclic) bond motifs is 1. The summed E-state index contributed by atoms with van der Waals surface area (Å²) in [5.74, 6) is 0.933. The predicted molar refractivity (Wildman–Crippen MR) is 106 cm³/mol. The van der Waals surface area contributed by atoms with Gasteiger partial charge in [-0.05, 0) is 52.7 Å². The molecule has 2 heterocycles. The Balaban J connectivity index is 1.41. The van der Waals surface area contributed by atoms with Crippen LogP contribution in [-0.4, -0.2) is 54.0 Å². The third kappa shape index (κ3) is 3.93. The minimum atomic E-state index is 0.108. The number of piperazine rings is 1. The molecular weight excluding hydrogens is 338 g/mol. The first-order valence-electron chi connectivity index (χ1n) is 9.21. The number of aromatic nitrogens is 1. The highest BCUT2D eigenvalue weighted by molar-refractivity contribution is 5.98. The van der Waals surface area contributed by atoms with Gasteiger partial charge in [-0.15, -0.1) is 0 Å². The molecule has 27 heavy (non-hydrogen) atoms. The van der Waals surface area contributed by atoms with Crippen LogP contribution in [-0.2, 0) is 6.54 Å². The summed E-state index contributed by atoms with van der Waals surface area (Å²) in [5.41, 5.74) is 2.00. The van der Waals surface area contributed by atoms with Gasteiger partial charge in [0.25, 0.3) is 5.91 Å². The average Bonchev–Trinajstić information content (AvgIpc) is 2.74. The second-order valence-corrected chi connectivity index (χ2v) is 6.85. The number of nitrogens with zero attached hydrogens (tertiary/aromatic N) is 3. The van der Waals surface area contributed by atoms with Gasteiger partial charge in [0.1, 0.15) is 5.75 Å². The third-order valence-electron chi connectivity index (χ3n) is 5.11. The lowest BCUT2D eigenvalue weighted by atomic mass is 10.1. The van der Waals surface area contributed by atoms with Crippen molar-refractivity contribution < 1.29 is 9.53 Å². The predicted octanol–water partition coefficient (Wildman–Crippen LogP) is 3.20. The van der Waals surface area contributed by atoms with Crippen LogP contribution in [0.15, 0.2) is 60.9 Å². The van der Waals surface area contributed by atoms with E-state index >= 15 is 0 Å². The molecule has 1 fully saturated rings. The van der Waals surface area contributed by atoms with Gasteiger partial charge < -0.3 is 9.64 Å². The molecule has 1 aliphatic heterocycles. The number of amides is 1. The Kier molecular flexibility index (Phi) is 5.03. The first-order valence-corrected chi connectivity index (χ1v) is 9.21. The van der Waals surface area contributed by atoms with Gasteiger partial charge in [0.2, 0.25) is 0 Å². The lowest BCUT2D eigenvalue weighted by molar-refractivity contribution is 0.0628. The summed E-state index contributed by atoms with van der Waals surface area (Å²) < 4.78 is 5.26. The summed E-state index contributed by atoms with van der Waals surface area (Å²) in [4.78, 5) is 21.3. The van der Waals surface area contributed by atoms with Crippen molar-refractivity contribution in [3.63, 3.8) is 0 Å². The molecule has 0 radical (unpaired) electrons. The molecule has 0 unspecified atom stereocenters. The highest BCUT2D eigenvalue weighted by atomic mass is 16.5. The number of carbonyl (C=O) groups is 1. The smallest absolute Gasteiger partial charge is 0.253 e. The number of pyridine rings is 1. The Labute approximate surface area is 159 Å². The first-order chi connectivity index (χ1) is 13.2. The standard InChI is InChI=1S/C22H23N3O2/c1-27-21-5-4-18-14-20(3-2-19(18)15-21)22(26)25-12-10-24(11-13-25)16-17-6-8-23-9-7-17/h2-9,14-15H,10-13,16H2,1H3. The molecule has 1 amide bonds. The largest absolute Gasteiger partial charge is 0.497 e. The molecule has 5 nitrogen and oxygen atoms in total. The van der Waals surface area contributed by atoms with Gasteiger partial charge in [-0.2, -0.15) is 0 Å². The monoisotopic (exact) mass is 361 g/mol. The van der Waals surface area contributed by atoms with Crippen LogP contribution < -0.4 is 4.74 Å². The molecule has 3 aromatic rings. The number of hydrogen-bond acceptors (Lipinski definition) is 4. The highest BCUT2D eigenvalue weighted by Crippen LogP contribution is 2.23. The Morgan fingerprint density at radius 1 is 0.963 bits per heavy atom. The van der Waals surface area contributed by atoms with E-state index in [9.17, 15) is 4.79 Å². The lowest BCUT2D eigenvalue weighted by Gasteiger charge is -2.34. The first kappa shape index (κ1) is 17.5. The molecule has 0 N–H and O–H groups in total. The fourth-order valence-corrected chi connectivity index (χ4v) is 3.52. The van der Waals surface area contributed by atoms with Crippen molar-refractivity contribution in [2.45, 2.75) is 6.54 Å². The van der Waals surface area contributed by atoms with Crippen molar-refractivity contribution >= 4 is 16.7 Å². The number of hydrogen-bond donors (Lipinski definition) is 0. The molecule has 0 aliphatic carbocycles. The van der Waals surface area contributed by atoms with Gasteiger partial charge in [0, 0.05) is 50.7 Å². The second-order valence-electron chi connectivity index (χ2n) is 6.85. The molecule has 5 heteroatoms. The van der Waals surface area contributed by atoms with E-state index in [1.165, 1.54) is 5.56 Å². The SMILES string of the molecule is COc1ccc2cc(C(=O)N3CCN(Cc4ccncc4)CC3)ccc2c1. The Hall–Kier alpha value is -2.92. The minimum Gasteiger partial charge on any atom is -0.497 e. The number of carbonyl (C=O) groups excluding carboxylic acids is 1. The minimum absolute atomic E-state index is 0.108. The summed E-state index contributed by atoms with van der Waals surface area (Å²) in [6.07, 6.45) is 3.65. The second kappa shape index (κ2) is 7.76. The van der Waals surface area contributed by atoms with Crippen LogP contribution in [0.5, 0.6) is 5.75 Å². The quantitative estimate of drug-likeness (QED) is 0.716. The van der Waals surface area contributed by atoms with Crippen LogP contribution in [0.2, 0.25) is 0 Å². The molecule has 1 saturated heterocycles. The number of benzene rings is 2. The van der Waals surface area contributed by atoms with Crippen molar-refractivity contribution in [2.75, 3.05) is 33.3 Å².